The van der Waals surface area contributed by atoms with E-state index in [1.807, 2.05) is 25.1 Å². The van der Waals surface area contributed by atoms with Gasteiger partial charge in [-0.05, 0) is 61.5 Å². The summed E-state index contributed by atoms with van der Waals surface area (Å²) >= 11 is 6.30. The highest BCUT2D eigenvalue weighted by Crippen LogP contribution is 2.29. The first-order valence-electron chi connectivity index (χ1n) is 10.2. The van der Waals surface area contributed by atoms with Gasteiger partial charge in [0.05, 0.1) is 33.4 Å². The van der Waals surface area contributed by atoms with Crippen molar-refractivity contribution in [1.82, 2.24) is 14.5 Å². The summed E-state index contributed by atoms with van der Waals surface area (Å²) in [6.45, 7) is 2.15. The van der Waals surface area contributed by atoms with Gasteiger partial charge in [-0.15, -0.1) is 0 Å². The molecule has 4 aromatic rings. The molecule has 0 bridgehead atoms. The molecule has 0 saturated carbocycles. The Kier molecular flexibility index (Phi) is 6.57. The Balaban J connectivity index is 1.45. The number of carbonyl (C=O) groups is 1. The lowest BCUT2D eigenvalue weighted by Crippen LogP contribution is -2.14. The summed E-state index contributed by atoms with van der Waals surface area (Å²) in [4.78, 5) is 21.3. The number of anilines is 1. The summed E-state index contributed by atoms with van der Waals surface area (Å²) in [6.07, 6.45) is 5.07. The van der Waals surface area contributed by atoms with Gasteiger partial charge >= 0.3 is 0 Å². The van der Waals surface area contributed by atoms with Crippen LogP contribution < -0.4 is 5.32 Å². The van der Waals surface area contributed by atoms with Gasteiger partial charge in [0.2, 0.25) is 0 Å². The summed E-state index contributed by atoms with van der Waals surface area (Å²) in [6, 6.07) is 16.5. The Hall–Kier alpha value is -3.49. The van der Waals surface area contributed by atoms with Crippen molar-refractivity contribution in [2.75, 3.05) is 11.1 Å². The van der Waals surface area contributed by atoms with Crippen molar-refractivity contribution in [2.24, 2.45) is 0 Å². The van der Waals surface area contributed by atoms with Crippen LogP contribution in [0.15, 0.2) is 84.3 Å². The van der Waals surface area contributed by atoms with Crippen LogP contribution in [0.3, 0.4) is 0 Å². The lowest BCUT2D eigenvalue weighted by Gasteiger charge is -2.10. The maximum atomic E-state index is 12.7. The zero-order valence-electron chi connectivity index (χ0n) is 17.8. The van der Waals surface area contributed by atoms with Crippen molar-refractivity contribution in [2.45, 2.75) is 18.4 Å². The first-order valence-corrected chi connectivity index (χ1v) is 12.2. The Bertz CT molecular complexity index is 1380. The Morgan fingerprint density at radius 1 is 1.06 bits per heavy atom. The highest BCUT2D eigenvalue weighted by molar-refractivity contribution is 7.91. The molecule has 2 heterocycles. The van der Waals surface area contributed by atoms with Crippen LogP contribution in [0.5, 0.6) is 0 Å². The number of amides is 1. The van der Waals surface area contributed by atoms with E-state index in [-0.39, 0.29) is 16.6 Å². The first kappa shape index (κ1) is 22.7. The van der Waals surface area contributed by atoms with Crippen LogP contribution in [-0.2, 0) is 16.4 Å². The summed E-state index contributed by atoms with van der Waals surface area (Å²) < 4.78 is 27.0. The molecule has 168 valence electrons. The fraction of sp³-hybridized carbons (Fsp3) is 0.125. The molecule has 1 amide bonds. The maximum absolute atomic E-state index is 12.7. The predicted molar refractivity (Wildman–Crippen MR) is 128 cm³/mol. The number of imidazole rings is 1. The van der Waals surface area contributed by atoms with Crippen LogP contribution in [0.2, 0.25) is 5.02 Å². The fourth-order valence-electron chi connectivity index (χ4n) is 3.28. The summed E-state index contributed by atoms with van der Waals surface area (Å²) in [5, 5.41) is 3.34. The number of carbonyl (C=O) groups excluding carboxylic acids is 1. The predicted octanol–water partition coefficient (Wildman–Crippen LogP) is 4.63. The number of aromatic nitrogens is 3. The third kappa shape index (κ3) is 5.47. The molecule has 0 atom stereocenters. The van der Waals surface area contributed by atoms with E-state index in [1.54, 1.807) is 41.5 Å². The molecule has 0 spiro atoms. The van der Waals surface area contributed by atoms with Crippen molar-refractivity contribution in [3.63, 3.8) is 0 Å². The van der Waals surface area contributed by atoms with Gasteiger partial charge in [0, 0.05) is 35.8 Å². The number of benzene rings is 2. The normalized spacial score (nSPS) is 11.3. The number of halogens is 1. The van der Waals surface area contributed by atoms with Gasteiger partial charge in [-0.1, -0.05) is 17.7 Å². The topological polar surface area (TPSA) is 94.0 Å². The molecule has 9 heteroatoms. The lowest BCUT2D eigenvalue weighted by atomic mass is 10.1. The van der Waals surface area contributed by atoms with E-state index in [1.165, 1.54) is 24.3 Å². The van der Waals surface area contributed by atoms with Gasteiger partial charge in [0.15, 0.2) is 9.84 Å². The number of hydrogen-bond donors (Lipinski definition) is 1. The van der Waals surface area contributed by atoms with Crippen LogP contribution in [0.4, 0.5) is 5.69 Å². The molecule has 1 N–H and O–H groups in total. The van der Waals surface area contributed by atoms with Crippen LogP contribution in [-0.4, -0.2) is 34.6 Å². The molecule has 4 rings (SSSR count). The minimum atomic E-state index is -3.49. The molecule has 7 nitrogen and oxygen atoms in total. The second-order valence-corrected chi connectivity index (χ2v) is 9.98. The largest absolute Gasteiger partial charge is 0.336 e. The van der Waals surface area contributed by atoms with Crippen LogP contribution in [0.25, 0.3) is 11.3 Å². The lowest BCUT2D eigenvalue weighted by molar-refractivity contribution is 0.102. The number of aryl methyl sites for hydroxylation is 2. The van der Waals surface area contributed by atoms with Gasteiger partial charge in [0.25, 0.3) is 5.91 Å². The number of hydrogen-bond acceptors (Lipinski definition) is 5. The number of nitrogens with zero attached hydrogens (tertiary/aromatic N) is 3. The van der Waals surface area contributed by atoms with Crippen LogP contribution in [0, 0.1) is 6.92 Å². The Morgan fingerprint density at radius 2 is 1.85 bits per heavy atom. The van der Waals surface area contributed by atoms with E-state index in [0.717, 1.165) is 5.69 Å². The van der Waals surface area contributed by atoms with Crippen molar-refractivity contribution in [3.05, 3.63) is 95.7 Å². The minimum absolute atomic E-state index is 0.0601. The highest BCUT2D eigenvalue weighted by Gasteiger charge is 2.16. The third-order valence-electron chi connectivity index (χ3n) is 5.02. The van der Waals surface area contributed by atoms with E-state index < -0.39 is 9.84 Å². The zero-order chi connectivity index (χ0) is 23.4. The Labute approximate surface area is 197 Å². The van der Waals surface area contributed by atoms with Crippen molar-refractivity contribution in [3.8, 4) is 11.3 Å². The average molecular weight is 481 g/mol. The fourth-order valence-corrected chi connectivity index (χ4v) is 4.73. The molecule has 0 saturated heterocycles. The van der Waals surface area contributed by atoms with Gasteiger partial charge in [-0.25, -0.2) is 13.4 Å². The molecule has 0 unspecified atom stereocenters. The van der Waals surface area contributed by atoms with E-state index in [9.17, 15) is 13.2 Å². The first-order chi connectivity index (χ1) is 15.8. The standard InChI is InChI=1S/C24H21ClN4O3S/c1-17-15-29(16-27-17)12-13-33(31,32)20-8-5-18(6-9-20)24(30)28-19-7-10-22(25)21(14-19)23-4-2-3-11-26-23/h2-11,14-16H,12-13H2,1H3,(H,28,30). The third-order valence-corrected chi connectivity index (χ3v) is 7.06. The molecule has 0 aliphatic rings. The SMILES string of the molecule is Cc1cn(CCS(=O)(=O)c2ccc(C(=O)Nc3ccc(Cl)c(-c4ccccn4)c3)cc2)cn1. The van der Waals surface area contributed by atoms with Gasteiger partial charge < -0.3 is 9.88 Å². The monoisotopic (exact) mass is 480 g/mol. The minimum Gasteiger partial charge on any atom is -0.336 e. The summed E-state index contributed by atoms with van der Waals surface area (Å²) in [7, 11) is -3.49. The number of nitrogens with one attached hydrogen (secondary N) is 1. The second-order valence-electron chi connectivity index (χ2n) is 7.46. The number of rotatable bonds is 7. The van der Waals surface area contributed by atoms with Crippen LogP contribution in [0.1, 0.15) is 16.1 Å². The molecule has 0 fully saturated rings. The molecular weight excluding hydrogens is 460 g/mol. The molecule has 2 aromatic carbocycles. The quantitative estimate of drug-likeness (QED) is 0.416. The van der Waals surface area contributed by atoms with Crippen molar-refractivity contribution >= 4 is 33.0 Å². The molecule has 0 aliphatic carbocycles. The molecule has 2 aromatic heterocycles. The van der Waals surface area contributed by atoms with Gasteiger partial charge in [-0.3, -0.25) is 9.78 Å². The summed E-state index contributed by atoms with van der Waals surface area (Å²) in [5.41, 5.74) is 3.12. The smallest absolute Gasteiger partial charge is 0.255 e. The van der Waals surface area contributed by atoms with Crippen molar-refractivity contribution in [1.29, 1.82) is 0 Å². The second kappa shape index (κ2) is 9.56. The van der Waals surface area contributed by atoms with Gasteiger partial charge in [-0.2, -0.15) is 0 Å². The molecule has 0 radical (unpaired) electrons. The number of sulfone groups is 1. The van der Waals surface area contributed by atoms with E-state index in [0.29, 0.717) is 34.1 Å². The van der Waals surface area contributed by atoms with E-state index >= 15 is 0 Å². The van der Waals surface area contributed by atoms with E-state index in [4.69, 9.17) is 11.6 Å². The highest BCUT2D eigenvalue weighted by atomic mass is 35.5. The molecule has 33 heavy (non-hydrogen) atoms. The Morgan fingerprint density at radius 3 is 2.52 bits per heavy atom. The maximum Gasteiger partial charge on any atom is 0.255 e. The van der Waals surface area contributed by atoms with Crippen LogP contribution >= 0.6 is 11.6 Å². The molecular formula is C24H21ClN4O3S. The van der Waals surface area contributed by atoms with Crippen molar-refractivity contribution < 1.29 is 13.2 Å². The van der Waals surface area contributed by atoms with E-state index in [2.05, 4.69) is 15.3 Å². The number of pyridine rings is 1. The van der Waals surface area contributed by atoms with Gasteiger partial charge in [0.1, 0.15) is 0 Å². The average Bonchev–Trinajstić information content (AvgIpc) is 3.25. The zero-order valence-corrected chi connectivity index (χ0v) is 19.3. The molecule has 0 aliphatic heterocycles. The summed E-state index contributed by atoms with van der Waals surface area (Å²) in [5.74, 6) is -0.419.